The summed E-state index contributed by atoms with van der Waals surface area (Å²) in [4.78, 5) is 11.7. The van der Waals surface area contributed by atoms with Gasteiger partial charge in [-0.15, -0.1) is 0 Å². The number of rotatable bonds is 5. The van der Waals surface area contributed by atoms with Crippen molar-refractivity contribution in [2.45, 2.75) is 0 Å². The minimum absolute atomic E-state index is 0.155. The third-order valence-electron chi connectivity index (χ3n) is 2.99. The second-order valence-corrected chi connectivity index (χ2v) is 5.08. The van der Waals surface area contributed by atoms with Crippen molar-refractivity contribution in [1.29, 1.82) is 0 Å². The number of hydrogen-bond acceptors (Lipinski definition) is 5. The Balaban J connectivity index is 1.47. The largest absolute Gasteiger partial charge is 0.484 e. The molecule has 0 unspecified atom stereocenters. The Hall–Kier alpha value is -2.73. The number of hydrogen-bond donors (Lipinski definition) is 1. The van der Waals surface area contributed by atoms with Crippen LogP contribution in [-0.2, 0) is 4.79 Å². The van der Waals surface area contributed by atoms with Crippen molar-refractivity contribution in [3.63, 3.8) is 0 Å². The number of fused-ring (bicyclic) bond motifs is 1. The predicted octanol–water partition coefficient (Wildman–Crippen LogP) is 2.60. The average Bonchev–Trinajstić information content (AvgIpc) is 3.02. The first-order chi connectivity index (χ1) is 11.2. The molecule has 0 atom stereocenters. The van der Waals surface area contributed by atoms with Gasteiger partial charge in [0.2, 0.25) is 6.79 Å². The van der Waals surface area contributed by atoms with Crippen LogP contribution in [-0.4, -0.2) is 25.5 Å². The maximum atomic E-state index is 11.7. The van der Waals surface area contributed by atoms with Gasteiger partial charge in [-0.1, -0.05) is 23.7 Å². The highest BCUT2D eigenvalue weighted by molar-refractivity contribution is 6.30. The fourth-order valence-electron chi connectivity index (χ4n) is 1.88. The Kier molecular flexibility index (Phi) is 4.63. The lowest BCUT2D eigenvalue weighted by Crippen LogP contribution is -2.24. The van der Waals surface area contributed by atoms with E-state index in [1.807, 2.05) is 0 Å². The molecule has 0 aliphatic carbocycles. The van der Waals surface area contributed by atoms with Crippen LogP contribution in [0.3, 0.4) is 0 Å². The first-order valence-electron chi connectivity index (χ1n) is 6.80. The second-order valence-electron chi connectivity index (χ2n) is 4.65. The van der Waals surface area contributed by atoms with Gasteiger partial charge in [-0.3, -0.25) is 4.79 Å². The molecule has 0 fully saturated rings. The average molecular weight is 333 g/mol. The number of nitrogens with zero attached hydrogens (tertiary/aromatic N) is 1. The minimum atomic E-state index is -0.368. The molecule has 2 aromatic carbocycles. The number of benzene rings is 2. The third-order valence-corrected chi connectivity index (χ3v) is 3.24. The van der Waals surface area contributed by atoms with Crippen molar-refractivity contribution < 1.29 is 19.0 Å². The zero-order valence-corrected chi connectivity index (χ0v) is 12.7. The molecule has 1 N–H and O–H groups in total. The maximum Gasteiger partial charge on any atom is 0.277 e. The Labute approximate surface area is 137 Å². The van der Waals surface area contributed by atoms with E-state index in [9.17, 15) is 4.79 Å². The van der Waals surface area contributed by atoms with Crippen molar-refractivity contribution in [3.8, 4) is 17.2 Å². The van der Waals surface area contributed by atoms with Crippen LogP contribution in [0.2, 0.25) is 5.02 Å². The molecule has 0 saturated carbocycles. The van der Waals surface area contributed by atoms with Gasteiger partial charge in [-0.2, -0.15) is 5.10 Å². The third kappa shape index (κ3) is 4.14. The Morgan fingerprint density at radius 2 is 2.00 bits per heavy atom. The van der Waals surface area contributed by atoms with Gasteiger partial charge in [0.05, 0.1) is 6.21 Å². The van der Waals surface area contributed by atoms with Gasteiger partial charge in [-0.25, -0.2) is 5.43 Å². The molecule has 1 aliphatic heterocycles. The molecule has 2 aromatic rings. The molecule has 0 radical (unpaired) electrons. The van der Waals surface area contributed by atoms with E-state index in [0.29, 0.717) is 22.3 Å². The molecule has 3 rings (SSSR count). The van der Waals surface area contributed by atoms with E-state index in [4.69, 9.17) is 25.8 Å². The van der Waals surface area contributed by atoms with Crippen LogP contribution in [0.25, 0.3) is 0 Å². The summed E-state index contributed by atoms with van der Waals surface area (Å²) in [5.41, 5.74) is 3.21. The minimum Gasteiger partial charge on any atom is -0.484 e. The standard InChI is InChI=1S/C16H13ClN2O4/c17-12-3-1-11(2-4-12)8-18-19-16(20)9-21-13-5-6-14-15(7-13)23-10-22-14/h1-8H,9-10H2,(H,19,20). The van der Waals surface area contributed by atoms with E-state index in [-0.39, 0.29) is 19.3 Å². The first-order valence-corrected chi connectivity index (χ1v) is 7.18. The SMILES string of the molecule is O=C(COc1ccc2c(c1)OCO2)NN=Cc1ccc(Cl)cc1. The van der Waals surface area contributed by atoms with Crippen LogP contribution >= 0.6 is 11.6 Å². The summed E-state index contributed by atoms with van der Waals surface area (Å²) in [6, 6.07) is 12.2. The zero-order valence-electron chi connectivity index (χ0n) is 12.0. The molecule has 0 aromatic heterocycles. The number of nitrogens with one attached hydrogen (secondary N) is 1. The lowest BCUT2D eigenvalue weighted by atomic mass is 10.2. The topological polar surface area (TPSA) is 69.2 Å². The normalized spacial score (nSPS) is 12.4. The molecule has 6 nitrogen and oxygen atoms in total. The molecule has 1 amide bonds. The highest BCUT2D eigenvalue weighted by atomic mass is 35.5. The Morgan fingerprint density at radius 1 is 1.22 bits per heavy atom. The van der Waals surface area contributed by atoms with Crippen LogP contribution in [0, 0.1) is 0 Å². The molecular formula is C16H13ClN2O4. The van der Waals surface area contributed by atoms with Crippen molar-refractivity contribution in [3.05, 3.63) is 53.1 Å². The van der Waals surface area contributed by atoms with E-state index in [2.05, 4.69) is 10.5 Å². The van der Waals surface area contributed by atoms with Crippen LogP contribution in [0.15, 0.2) is 47.6 Å². The van der Waals surface area contributed by atoms with E-state index >= 15 is 0 Å². The molecule has 0 saturated heterocycles. The summed E-state index contributed by atoms with van der Waals surface area (Å²) >= 11 is 5.78. The summed E-state index contributed by atoms with van der Waals surface area (Å²) in [5, 5.41) is 4.49. The molecule has 7 heteroatoms. The van der Waals surface area contributed by atoms with Crippen molar-refractivity contribution >= 4 is 23.7 Å². The molecule has 23 heavy (non-hydrogen) atoms. The van der Waals surface area contributed by atoms with E-state index in [0.717, 1.165) is 5.56 Å². The Morgan fingerprint density at radius 3 is 2.83 bits per heavy atom. The number of carbonyl (C=O) groups is 1. The van der Waals surface area contributed by atoms with Gasteiger partial charge in [-0.05, 0) is 29.8 Å². The van der Waals surface area contributed by atoms with Crippen LogP contribution in [0.4, 0.5) is 0 Å². The van der Waals surface area contributed by atoms with Crippen LogP contribution < -0.4 is 19.6 Å². The molecule has 0 spiro atoms. The summed E-state index contributed by atoms with van der Waals surface area (Å²) in [7, 11) is 0. The second kappa shape index (κ2) is 7.02. The quantitative estimate of drug-likeness (QED) is 0.675. The van der Waals surface area contributed by atoms with Crippen molar-refractivity contribution in [2.75, 3.05) is 13.4 Å². The van der Waals surface area contributed by atoms with E-state index in [1.165, 1.54) is 6.21 Å². The Bertz CT molecular complexity index is 731. The van der Waals surface area contributed by atoms with Crippen LogP contribution in [0.1, 0.15) is 5.56 Å². The number of ether oxygens (including phenoxy) is 3. The van der Waals surface area contributed by atoms with Gasteiger partial charge in [0.1, 0.15) is 5.75 Å². The van der Waals surface area contributed by atoms with Gasteiger partial charge in [0.25, 0.3) is 5.91 Å². The molecular weight excluding hydrogens is 320 g/mol. The lowest BCUT2D eigenvalue weighted by molar-refractivity contribution is -0.123. The lowest BCUT2D eigenvalue weighted by Gasteiger charge is -2.05. The number of hydrazone groups is 1. The van der Waals surface area contributed by atoms with Gasteiger partial charge in [0.15, 0.2) is 18.1 Å². The number of amides is 1. The van der Waals surface area contributed by atoms with E-state index in [1.54, 1.807) is 42.5 Å². The summed E-state index contributed by atoms with van der Waals surface area (Å²) in [6.07, 6.45) is 1.52. The molecule has 0 bridgehead atoms. The summed E-state index contributed by atoms with van der Waals surface area (Å²) in [6.45, 7) is 0.0380. The fraction of sp³-hybridized carbons (Fsp3) is 0.125. The number of halogens is 1. The number of carbonyl (C=O) groups excluding carboxylic acids is 1. The summed E-state index contributed by atoms with van der Waals surface area (Å²) in [5.74, 6) is 1.41. The fourth-order valence-corrected chi connectivity index (χ4v) is 2.00. The van der Waals surface area contributed by atoms with Gasteiger partial charge < -0.3 is 14.2 Å². The maximum absolute atomic E-state index is 11.7. The zero-order chi connectivity index (χ0) is 16.1. The molecule has 1 heterocycles. The van der Waals surface area contributed by atoms with Gasteiger partial charge >= 0.3 is 0 Å². The molecule has 1 aliphatic rings. The highest BCUT2D eigenvalue weighted by Crippen LogP contribution is 2.34. The first kappa shape index (κ1) is 15.2. The van der Waals surface area contributed by atoms with Crippen LogP contribution in [0.5, 0.6) is 17.2 Å². The van der Waals surface area contributed by atoms with E-state index < -0.39 is 0 Å². The highest BCUT2D eigenvalue weighted by Gasteiger charge is 2.14. The predicted molar refractivity (Wildman–Crippen MR) is 85.2 cm³/mol. The smallest absolute Gasteiger partial charge is 0.277 e. The molecule has 118 valence electrons. The van der Waals surface area contributed by atoms with Crippen molar-refractivity contribution in [2.24, 2.45) is 5.10 Å². The summed E-state index contributed by atoms with van der Waals surface area (Å²) < 4.78 is 15.8. The monoisotopic (exact) mass is 332 g/mol. The van der Waals surface area contributed by atoms with Crippen molar-refractivity contribution in [1.82, 2.24) is 5.43 Å². The van der Waals surface area contributed by atoms with Gasteiger partial charge in [0, 0.05) is 11.1 Å².